The molecule has 0 aliphatic rings. The Morgan fingerprint density at radius 3 is 2.59 bits per heavy atom. The lowest BCUT2D eigenvalue weighted by molar-refractivity contribution is 0.0520. The Labute approximate surface area is 181 Å². The minimum Gasteiger partial charge on any atom is -0.490 e. The second-order valence-corrected chi connectivity index (χ2v) is 7.09. The van der Waals surface area contributed by atoms with Gasteiger partial charge in [0.1, 0.15) is 12.3 Å². The monoisotopic (exact) mass is 479 g/mol. The van der Waals surface area contributed by atoms with Crippen molar-refractivity contribution in [3.63, 3.8) is 0 Å². The summed E-state index contributed by atoms with van der Waals surface area (Å²) in [6.07, 6.45) is 0. The summed E-state index contributed by atoms with van der Waals surface area (Å²) < 4.78 is 17.4. The smallest absolute Gasteiger partial charge is 0.361 e. The van der Waals surface area contributed by atoms with Gasteiger partial charge in [-0.3, -0.25) is 0 Å². The van der Waals surface area contributed by atoms with E-state index in [1.165, 1.54) is 0 Å². The van der Waals surface area contributed by atoms with Crippen molar-refractivity contribution < 1.29 is 19.0 Å². The van der Waals surface area contributed by atoms with Crippen LogP contribution in [0, 0.1) is 0 Å². The van der Waals surface area contributed by atoms with E-state index in [1.807, 2.05) is 31.2 Å². The van der Waals surface area contributed by atoms with E-state index < -0.39 is 5.97 Å². The number of rotatable bonds is 8. The molecule has 1 heterocycles. The van der Waals surface area contributed by atoms with Gasteiger partial charge in [0.05, 0.1) is 13.2 Å². The number of aromatic amines is 1. The Morgan fingerprint density at radius 2 is 1.86 bits per heavy atom. The number of hydrogen-bond donors (Lipinski definition) is 1. The quantitative estimate of drug-likeness (QED) is 0.455. The highest BCUT2D eigenvalue weighted by atomic mass is 79.9. The van der Waals surface area contributed by atoms with E-state index in [-0.39, 0.29) is 18.9 Å². The zero-order chi connectivity index (χ0) is 20.8. The molecule has 0 aliphatic heterocycles. The second kappa shape index (κ2) is 9.76. The molecular formula is C20H19BrClN3O4. The zero-order valence-electron chi connectivity index (χ0n) is 15.9. The standard InChI is InChI=1S/C20H19BrClN3O4/c1-3-27-16-9-13(18-19(24-25-23-18)20(26)28-4-2)14(21)10-17(16)29-11-12-7-5-6-8-15(12)22/h5-10H,3-4,11H2,1-2H3,(H,23,24,25). The number of esters is 1. The van der Waals surface area contributed by atoms with Crippen LogP contribution >= 0.6 is 27.5 Å². The lowest BCUT2D eigenvalue weighted by Gasteiger charge is -2.15. The highest BCUT2D eigenvalue weighted by Crippen LogP contribution is 2.39. The molecular weight excluding hydrogens is 462 g/mol. The molecule has 0 saturated heterocycles. The number of nitrogens with zero attached hydrogens (tertiary/aromatic N) is 2. The minimum atomic E-state index is -0.555. The molecule has 29 heavy (non-hydrogen) atoms. The topological polar surface area (TPSA) is 86.3 Å². The van der Waals surface area contributed by atoms with Gasteiger partial charge in [0.15, 0.2) is 17.2 Å². The van der Waals surface area contributed by atoms with Gasteiger partial charge in [-0.25, -0.2) is 4.79 Å². The van der Waals surface area contributed by atoms with E-state index in [1.54, 1.807) is 19.1 Å². The van der Waals surface area contributed by atoms with Gasteiger partial charge < -0.3 is 14.2 Å². The average Bonchev–Trinajstić information content (AvgIpc) is 3.19. The molecule has 3 aromatic rings. The summed E-state index contributed by atoms with van der Waals surface area (Å²) in [5, 5.41) is 11.1. The number of H-pyrrole nitrogens is 1. The molecule has 2 aromatic carbocycles. The largest absolute Gasteiger partial charge is 0.490 e. The van der Waals surface area contributed by atoms with Crippen LogP contribution in [-0.2, 0) is 11.3 Å². The molecule has 0 amide bonds. The van der Waals surface area contributed by atoms with Crippen LogP contribution in [0.1, 0.15) is 29.9 Å². The van der Waals surface area contributed by atoms with Crippen LogP contribution in [0.3, 0.4) is 0 Å². The summed E-state index contributed by atoms with van der Waals surface area (Å²) in [6, 6.07) is 11.0. The number of carbonyl (C=O) groups excluding carboxylic acids is 1. The predicted octanol–water partition coefficient (Wildman–Crippen LogP) is 5.04. The molecule has 152 valence electrons. The first-order valence-electron chi connectivity index (χ1n) is 8.95. The number of carbonyl (C=O) groups is 1. The number of hydrogen-bond acceptors (Lipinski definition) is 6. The minimum absolute atomic E-state index is 0.0970. The molecule has 0 aliphatic carbocycles. The Balaban J connectivity index is 1.94. The van der Waals surface area contributed by atoms with Crippen molar-refractivity contribution in [1.82, 2.24) is 15.4 Å². The first kappa shape index (κ1) is 21.1. The van der Waals surface area contributed by atoms with E-state index in [2.05, 4.69) is 31.3 Å². The Kier molecular flexibility index (Phi) is 7.11. The van der Waals surface area contributed by atoms with Crippen molar-refractivity contribution in [3.05, 3.63) is 57.2 Å². The maximum atomic E-state index is 12.2. The first-order valence-corrected chi connectivity index (χ1v) is 10.1. The lowest BCUT2D eigenvalue weighted by atomic mass is 10.1. The lowest BCUT2D eigenvalue weighted by Crippen LogP contribution is -2.07. The number of aromatic nitrogens is 3. The van der Waals surface area contributed by atoms with Gasteiger partial charge in [-0.15, -0.1) is 5.10 Å². The summed E-state index contributed by atoms with van der Waals surface area (Å²) in [7, 11) is 0. The molecule has 0 fully saturated rings. The van der Waals surface area contributed by atoms with Crippen LogP contribution in [0.15, 0.2) is 40.9 Å². The third-order valence-electron chi connectivity index (χ3n) is 3.95. The van der Waals surface area contributed by atoms with E-state index in [0.717, 1.165) is 5.56 Å². The Morgan fingerprint density at radius 1 is 1.10 bits per heavy atom. The number of halogens is 2. The molecule has 0 saturated carbocycles. The highest BCUT2D eigenvalue weighted by Gasteiger charge is 2.23. The fourth-order valence-corrected chi connectivity index (χ4v) is 3.33. The van der Waals surface area contributed by atoms with Crippen molar-refractivity contribution >= 4 is 33.5 Å². The average molecular weight is 481 g/mol. The Bertz CT molecular complexity index is 1010. The van der Waals surface area contributed by atoms with E-state index >= 15 is 0 Å². The van der Waals surface area contributed by atoms with Gasteiger partial charge in [0.2, 0.25) is 0 Å². The maximum Gasteiger partial charge on any atom is 0.361 e. The molecule has 7 nitrogen and oxygen atoms in total. The number of ether oxygens (including phenoxy) is 3. The van der Waals surface area contributed by atoms with Crippen LogP contribution in [0.5, 0.6) is 11.5 Å². The van der Waals surface area contributed by atoms with Gasteiger partial charge >= 0.3 is 5.97 Å². The van der Waals surface area contributed by atoms with E-state index in [9.17, 15) is 4.79 Å². The van der Waals surface area contributed by atoms with Gasteiger partial charge in [0.25, 0.3) is 0 Å². The van der Waals surface area contributed by atoms with Gasteiger partial charge in [0, 0.05) is 20.6 Å². The molecule has 0 bridgehead atoms. The fourth-order valence-electron chi connectivity index (χ4n) is 2.63. The summed E-state index contributed by atoms with van der Waals surface area (Å²) in [4.78, 5) is 12.2. The van der Waals surface area contributed by atoms with Crippen molar-refractivity contribution in [2.75, 3.05) is 13.2 Å². The first-order chi connectivity index (χ1) is 14.0. The van der Waals surface area contributed by atoms with Crippen LogP contribution in [0.4, 0.5) is 0 Å². The van der Waals surface area contributed by atoms with Crippen molar-refractivity contribution in [2.24, 2.45) is 0 Å². The van der Waals surface area contributed by atoms with Crippen LogP contribution in [0.25, 0.3) is 11.3 Å². The SMILES string of the molecule is CCOC(=O)c1n[nH]nc1-c1cc(OCC)c(OCc2ccccc2Cl)cc1Br. The maximum absolute atomic E-state index is 12.2. The third-order valence-corrected chi connectivity index (χ3v) is 4.97. The number of benzene rings is 2. The normalized spacial score (nSPS) is 10.6. The summed E-state index contributed by atoms with van der Waals surface area (Å²) >= 11 is 9.73. The summed E-state index contributed by atoms with van der Waals surface area (Å²) in [6.45, 7) is 4.56. The van der Waals surface area contributed by atoms with Crippen LogP contribution in [-0.4, -0.2) is 34.6 Å². The molecule has 0 atom stereocenters. The molecule has 9 heteroatoms. The highest BCUT2D eigenvalue weighted by molar-refractivity contribution is 9.10. The van der Waals surface area contributed by atoms with Crippen LogP contribution < -0.4 is 9.47 Å². The Hall–Kier alpha value is -2.58. The van der Waals surface area contributed by atoms with E-state index in [0.29, 0.717) is 38.9 Å². The van der Waals surface area contributed by atoms with Crippen molar-refractivity contribution in [3.8, 4) is 22.8 Å². The predicted molar refractivity (Wildman–Crippen MR) is 112 cm³/mol. The van der Waals surface area contributed by atoms with Crippen molar-refractivity contribution in [1.29, 1.82) is 0 Å². The number of nitrogens with one attached hydrogen (secondary N) is 1. The van der Waals surface area contributed by atoms with E-state index in [4.69, 9.17) is 25.8 Å². The van der Waals surface area contributed by atoms with Gasteiger partial charge in [-0.2, -0.15) is 10.3 Å². The van der Waals surface area contributed by atoms with Crippen LogP contribution in [0.2, 0.25) is 5.02 Å². The van der Waals surface area contributed by atoms with Gasteiger partial charge in [-0.05, 0) is 48.0 Å². The summed E-state index contributed by atoms with van der Waals surface area (Å²) in [5.41, 5.74) is 1.93. The summed E-state index contributed by atoms with van der Waals surface area (Å²) in [5.74, 6) is 0.485. The third kappa shape index (κ3) is 4.89. The molecule has 0 spiro atoms. The molecule has 0 radical (unpaired) electrons. The molecule has 3 rings (SSSR count). The van der Waals surface area contributed by atoms with Crippen molar-refractivity contribution in [2.45, 2.75) is 20.5 Å². The van der Waals surface area contributed by atoms with Gasteiger partial charge in [-0.1, -0.05) is 29.8 Å². The second-order valence-electron chi connectivity index (χ2n) is 5.83. The molecule has 0 unspecified atom stereocenters. The molecule has 1 aromatic heterocycles. The molecule has 1 N–H and O–H groups in total. The zero-order valence-corrected chi connectivity index (χ0v) is 18.2. The fraction of sp³-hybridized carbons (Fsp3) is 0.250.